The number of hydrogen-bond acceptors (Lipinski definition) is 4. The van der Waals surface area contributed by atoms with Crippen LogP contribution in [-0.2, 0) is 19.0 Å². The first kappa shape index (κ1) is 10.9. The van der Waals surface area contributed by atoms with E-state index in [1.54, 1.807) is 0 Å². The van der Waals surface area contributed by atoms with E-state index in [4.69, 9.17) is 4.74 Å². The molecular weight excluding hydrogens is 192 g/mol. The maximum absolute atomic E-state index is 10.6. The summed E-state index contributed by atoms with van der Waals surface area (Å²) in [7, 11) is -3.27. The molecular formula is C8H16O4S. The van der Waals surface area contributed by atoms with Crippen LogP contribution in [0, 0.1) is 5.92 Å². The Labute approximate surface area is 79.3 Å². The highest BCUT2D eigenvalue weighted by molar-refractivity contribution is 7.85. The number of ether oxygens (including phenoxy) is 1. The van der Waals surface area contributed by atoms with E-state index in [9.17, 15) is 8.42 Å². The van der Waals surface area contributed by atoms with Crippen molar-refractivity contribution in [2.24, 2.45) is 5.92 Å². The van der Waals surface area contributed by atoms with Gasteiger partial charge in [-0.05, 0) is 12.3 Å². The topological polar surface area (TPSA) is 55.9 Å². The van der Waals surface area contributed by atoms with Gasteiger partial charge in [0, 0.05) is 0 Å². The zero-order valence-electron chi connectivity index (χ0n) is 8.02. The first-order valence-electron chi connectivity index (χ1n) is 4.49. The Morgan fingerprint density at radius 1 is 1.62 bits per heavy atom. The third-order valence-electron chi connectivity index (χ3n) is 2.20. The quantitative estimate of drug-likeness (QED) is 0.478. The van der Waals surface area contributed by atoms with E-state index in [2.05, 4.69) is 11.1 Å². The summed E-state index contributed by atoms with van der Waals surface area (Å²) in [6, 6.07) is 0. The summed E-state index contributed by atoms with van der Waals surface area (Å²) in [6.07, 6.45) is 3.18. The van der Waals surface area contributed by atoms with Gasteiger partial charge in [-0.2, -0.15) is 8.42 Å². The summed E-state index contributed by atoms with van der Waals surface area (Å²) in [5.41, 5.74) is 0. The van der Waals surface area contributed by atoms with Crippen molar-refractivity contribution in [2.75, 3.05) is 19.5 Å². The van der Waals surface area contributed by atoms with Crippen LogP contribution in [0.5, 0.6) is 0 Å². The maximum Gasteiger partial charge on any atom is 0.264 e. The molecule has 5 heteroatoms. The highest BCUT2D eigenvalue weighted by Gasteiger charge is 2.31. The molecule has 0 radical (unpaired) electrons. The highest BCUT2D eigenvalue weighted by atomic mass is 32.2. The van der Waals surface area contributed by atoms with Crippen molar-refractivity contribution >= 4 is 10.1 Å². The Bertz CT molecular complexity index is 243. The van der Waals surface area contributed by atoms with E-state index in [0.717, 1.165) is 25.7 Å². The molecule has 0 aromatic carbocycles. The van der Waals surface area contributed by atoms with Gasteiger partial charge in [0.15, 0.2) is 0 Å². The van der Waals surface area contributed by atoms with Gasteiger partial charge in [-0.3, -0.25) is 4.18 Å². The molecule has 1 fully saturated rings. The molecule has 1 rings (SSSR count). The van der Waals surface area contributed by atoms with Crippen LogP contribution < -0.4 is 0 Å². The van der Waals surface area contributed by atoms with E-state index < -0.39 is 10.1 Å². The van der Waals surface area contributed by atoms with E-state index >= 15 is 0 Å². The number of rotatable bonds is 6. The lowest BCUT2D eigenvalue weighted by atomic mass is 10.00. The van der Waals surface area contributed by atoms with Gasteiger partial charge >= 0.3 is 0 Å². The fourth-order valence-electron chi connectivity index (χ4n) is 1.33. The summed E-state index contributed by atoms with van der Waals surface area (Å²) >= 11 is 0. The molecule has 0 amide bonds. The van der Waals surface area contributed by atoms with Crippen molar-refractivity contribution in [2.45, 2.75) is 25.9 Å². The summed E-state index contributed by atoms with van der Waals surface area (Å²) in [6.45, 7) is 3.17. The Hall–Kier alpha value is -0.130. The summed E-state index contributed by atoms with van der Waals surface area (Å²) < 4.78 is 31.1. The summed E-state index contributed by atoms with van der Waals surface area (Å²) in [5.74, 6) is 0.446. The molecule has 0 aliphatic carbocycles. The molecule has 0 spiro atoms. The van der Waals surface area contributed by atoms with Gasteiger partial charge in [0.25, 0.3) is 10.1 Å². The molecule has 4 nitrogen and oxygen atoms in total. The zero-order valence-corrected chi connectivity index (χ0v) is 8.84. The van der Waals surface area contributed by atoms with E-state index in [0.29, 0.717) is 12.0 Å². The Balaban J connectivity index is 2.16. The molecule has 78 valence electrons. The second-order valence-corrected chi connectivity index (χ2v) is 5.00. The lowest BCUT2D eigenvalue weighted by molar-refractivity contribution is 0.246. The molecule has 0 aromatic rings. The van der Waals surface area contributed by atoms with Gasteiger partial charge in [-0.25, -0.2) is 0 Å². The predicted octanol–water partition coefficient (Wildman–Crippen LogP) is 0.778. The largest absolute Gasteiger partial charge is 0.373 e. The summed E-state index contributed by atoms with van der Waals surface area (Å²) in [5, 5.41) is 0. The van der Waals surface area contributed by atoms with Crippen LogP contribution in [0.3, 0.4) is 0 Å². The summed E-state index contributed by atoms with van der Waals surface area (Å²) in [4.78, 5) is 0. The lowest BCUT2D eigenvalue weighted by Gasteiger charge is -2.10. The first-order chi connectivity index (χ1) is 6.03. The smallest absolute Gasteiger partial charge is 0.264 e. The van der Waals surface area contributed by atoms with E-state index in [-0.39, 0.29) is 6.61 Å². The van der Waals surface area contributed by atoms with Gasteiger partial charge in [0.2, 0.25) is 0 Å². The average molecular weight is 208 g/mol. The standard InChI is InChI=1S/C8H16O4S/c1-3-7(8-6-11-8)4-5-12-13(2,9)10/h7-8H,3-6H2,1-2H3. The molecule has 2 atom stereocenters. The molecule has 1 heterocycles. The second kappa shape index (κ2) is 4.39. The van der Waals surface area contributed by atoms with Gasteiger partial charge < -0.3 is 4.74 Å². The van der Waals surface area contributed by atoms with Crippen LogP contribution in [0.1, 0.15) is 19.8 Å². The highest BCUT2D eigenvalue weighted by Crippen LogP contribution is 2.25. The number of hydrogen-bond donors (Lipinski definition) is 0. The van der Waals surface area contributed by atoms with Crippen molar-refractivity contribution in [1.82, 2.24) is 0 Å². The molecule has 0 bridgehead atoms. The molecule has 0 N–H and O–H groups in total. The molecule has 1 saturated heterocycles. The first-order valence-corrected chi connectivity index (χ1v) is 6.30. The van der Waals surface area contributed by atoms with Crippen LogP contribution in [0.15, 0.2) is 0 Å². The zero-order chi connectivity index (χ0) is 9.90. The minimum atomic E-state index is -3.27. The van der Waals surface area contributed by atoms with E-state index in [1.165, 1.54) is 0 Å². The molecule has 13 heavy (non-hydrogen) atoms. The molecule has 1 aliphatic heterocycles. The van der Waals surface area contributed by atoms with Crippen LogP contribution in [-0.4, -0.2) is 34.0 Å². The Morgan fingerprint density at radius 2 is 2.23 bits per heavy atom. The van der Waals surface area contributed by atoms with Gasteiger partial charge in [0.05, 0.1) is 25.6 Å². The van der Waals surface area contributed by atoms with Gasteiger partial charge in [-0.1, -0.05) is 13.3 Å². The Kier molecular flexibility index (Phi) is 3.70. The third-order valence-corrected chi connectivity index (χ3v) is 2.79. The fraction of sp³-hybridized carbons (Fsp3) is 1.00. The molecule has 2 unspecified atom stereocenters. The van der Waals surface area contributed by atoms with Gasteiger partial charge in [-0.15, -0.1) is 0 Å². The van der Waals surface area contributed by atoms with E-state index in [1.807, 2.05) is 0 Å². The van der Waals surface area contributed by atoms with Crippen LogP contribution in [0.25, 0.3) is 0 Å². The van der Waals surface area contributed by atoms with Crippen molar-refractivity contribution in [1.29, 1.82) is 0 Å². The van der Waals surface area contributed by atoms with Gasteiger partial charge in [0.1, 0.15) is 0 Å². The van der Waals surface area contributed by atoms with Crippen molar-refractivity contribution in [3.05, 3.63) is 0 Å². The SMILES string of the molecule is CCC(CCOS(C)(=O)=O)C1CO1. The minimum Gasteiger partial charge on any atom is -0.373 e. The normalized spacial score (nSPS) is 24.3. The van der Waals surface area contributed by atoms with Crippen molar-refractivity contribution < 1.29 is 17.3 Å². The van der Waals surface area contributed by atoms with Crippen LogP contribution in [0.4, 0.5) is 0 Å². The fourth-order valence-corrected chi connectivity index (χ4v) is 1.73. The minimum absolute atomic E-state index is 0.275. The molecule has 0 aromatic heterocycles. The second-order valence-electron chi connectivity index (χ2n) is 3.35. The monoisotopic (exact) mass is 208 g/mol. The molecule has 0 saturated carbocycles. The Morgan fingerprint density at radius 3 is 2.62 bits per heavy atom. The lowest BCUT2D eigenvalue weighted by Crippen LogP contribution is -2.12. The third kappa shape index (κ3) is 4.59. The maximum atomic E-state index is 10.6. The van der Waals surface area contributed by atoms with Crippen molar-refractivity contribution in [3.8, 4) is 0 Å². The predicted molar refractivity (Wildman–Crippen MR) is 48.9 cm³/mol. The number of epoxide rings is 1. The average Bonchev–Trinajstić information content (AvgIpc) is 2.78. The molecule has 1 aliphatic rings. The van der Waals surface area contributed by atoms with Crippen LogP contribution >= 0.6 is 0 Å². The van der Waals surface area contributed by atoms with Crippen molar-refractivity contribution in [3.63, 3.8) is 0 Å². The van der Waals surface area contributed by atoms with Crippen LogP contribution in [0.2, 0.25) is 0 Å².